The molecule has 102 valence electrons. The van der Waals surface area contributed by atoms with E-state index in [0.717, 1.165) is 25.2 Å². The summed E-state index contributed by atoms with van der Waals surface area (Å²) in [6, 6.07) is 0.892. The number of thioether (sulfide) groups is 1. The van der Waals surface area contributed by atoms with Gasteiger partial charge in [-0.3, -0.25) is 4.90 Å². The van der Waals surface area contributed by atoms with E-state index in [1.165, 1.54) is 44.5 Å². The molecule has 0 aliphatic heterocycles. The summed E-state index contributed by atoms with van der Waals surface area (Å²) in [6.07, 6.45) is 8.72. The lowest BCUT2D eigenvalue weighted by Gasteiger charge is -2.20. The average Bonchev–Trinajstić information content (AvgIpc) is 3.09. The molecule has 1 aliphatic carbocycles. The number of rotatable bonds is 11. The van der Waals surface area contributed by atoms with Crippen LogP contribution in [0.3, 0.4) is 0 Å². The SMILES string of the molecule is CSCN(CCCOCCCC(C)C)C1CC1. The normalized spacial score (nSPS) is 16.1. The van der Waals surface area contributed by atoms with Gasteiger partial charge >= 0.3 is 0 Å². The molecular formula is C14H29NOS. The molecule has 0 saturated heterocycles. The van der Waals surface area contributed by atoms with Gasteiger partial charge in [0.25, 0.3) is 0 Å². The van der Waals surface area contributed by atoms with Crippen LogP contribution in [0.1, 0.15) is 46.0 Å². The molecule has 1 saturated carbocycles. The molecule has 0 heterocycles. The van der Waals surface area contributed by atoms with E-state index in [1.807, 2.05) is 11.8 Å². The van der Waals surface area contributed by atoms with Gasteiger partial charge in [-0.05, 0) is 44.3 Å². The molecular weight excluding hydrogens is 230 g/mol. The highest BCUT2D eigenvalue weighted by molar-refractivity contribution is 7.98. The van der Waals surface area contributed by atoms with Crippen LogP contribution in [0.2, 0.25) is 0 Å². The van der Waals surface area contributed by atoms with Gasteiger partial charge in [0, 0.05) is 31.7 Å². The van der Waals surface area contributed by atoms with E-state index in [9.17, 15) is 0 Å². The summed E-state index contributed by atoms with van der Waals surface area (Å²) in [6.45, 7) is 7.65. The number of ether oxygens (including phenoxy) is 1. The molecule has 1 rings (SSSR count). The zero-order chi connectivity index (χ0) is 12.5. The number of hydrogen-bond donors (Lipinski definition) is 0. The van der Waals surface area contributed by atoms with Crippen LogP contribution in [-0.4, -0.2) is 42.8 Å². The van der Waals surface area contributed by atoms with Crippen molar-refractivity contribution in [3.63, 3.8) is 0 Å². The van der Waals surface area contributed by atoms with Crippen molar-refractivity contribution in [1.82, 2.24) is 4.90 Å². The highest BCUT2D eigenvalue weighted by Gasteiger charge is 2.27. The Morgan fingerprint density at radius 3 is 2.53 bits per heavy atom. The average molecular weight is 259 g/mol. The fourth-order valence-electron chi connectivity index (χ4n) is 2.02. The lowest BCUT2D eigenvalue weighted by molar-refractivity contribution is 0.117. The Balaban J connectivity index is 1.88. The summed E-state index contributed by atoms with van der Waals surface area (Å²) in [4.78, 5) is 2.61. The predicted molar refractivity (Wildman–Crippen MR) is 77.6 cm³/mol. The molecule has 0 radical (unpaired) electrons. The van der Waals surface area contributed by atoms with E-state index < -0.39 is 0 Å². The lowest BCUT2D eigenvalue weighted by Crippen LogP contribution is -2.27. The van der Waals surface area contributed by atoms with Crippen molar-refractivity contribution in [2.24, 2.45) is 5.92 Å². The second kappa shape index (κ2) is 9.23. The maximum absolute atomic E-state index is 5.68. The predicted octanol–water partition coefficient (Wildman–Crippen LogP) is 3.61. The molecule has 3 heteroatoms. The Morgan fingerprint density at radius 2 is 1.94 bits per heavy atom. The van der Waals surface area contributed by atoms with Crippen LogP contribution in [0.4, 0.5) is 0 Å². The zero-order valence-corrected chi connectivity index (χ0v) is 12.6. The Labute approximate surface area is 111 Å². The van der Waals surface area contributed by atoms with Gasteiger partial charge in [-0.1, -0.05) is 13.8 Å². The van der Waals surface area contributed by atoms with Crippen LogP contribution in [0.15, 0.2) is 0 Å². The molecule has 17 heavy (non-hydrogen) atoms. The first-order chi connectivity index (χ1) is 8.24. The fourth-order valence-corrected chi connectivity index (χ4v) is 2.70. The standard InChI is InChI=1S/C14H29NOS/c1-13(2)6-4-10-16-11-5-9-15(12-17-3)14-7-8-14/h13-14H,4-12H2,1-3H3. The number of nitrogens with zero attached hydrogens (tertiary/aromatic N) is 1. The van der Waals surface area contributed by atoms with Crippen molar-refractivity contribution >= 4 is 11.8 Å². The molecule has 1 fully saturated rings. The quantitative estimate of drug-likeness (QED) is 0.415. The van der Waals surface area contributed by atoms with Crippen LogP contribution in [0, 0.1) is 5.92 Å². The molecule has 0 amide bonds. The lowest BCUT2D eigenvalue weighted by atomic mass is 10.1. The fraction of sp³-hybridized carbons (Fsp3) is 1.00. The smallest absolute Gasteiger partial charge is 0.0478 e. The van der Waals surface area contributed by atoms with Crippen molar-refractivity contribution in [3.8, 4) is 0 Å². The van der Waals surface area contributed by atoms with Gasteiger partial charge in [0.15, 0.2) is 0 Å². The summed E-state index contributed by atoms with van der Waals surface area (Å²) < 4.78 is 5.68. The summed E-state index contributed by atoms with van der Waals surface area (Å²) in [7, 11) is 0. The molecule has 0 unspecified atom stereocenters. The van der Waals surface area contributed by atoms with E-state index in [-0.39, 0.29) is 0 Å². The minimum atomic E-state index is 0.811. The number of hydrogen-bond acceptors (Lipinski definition) is 3. The highest BCUT2D eigenvalue weighted by atomic mass is 32.2. The van der Waals surface area contributed by atoms with Crippen LogP contribution in [0.25, 0.3) is 0 Å². The van der Waals surface area contributed by atoms with Crippen LogP contribution in [-0.2, 0) is 4.74 Å². The molecule has 0 aromatic carbocycles. The van der Waals surface area contributed by atoms with Crippen molar-refractivity contribution in [2.45, 2.75) is 52.0 Å². The van der Waals surface area contributed by atoms with Crippen LogP contribution < -0.4 is 0 Å². The minimum Gasteiger partial charge on any atom is -0.381 e. The summed E-state index contributed by atoms with van der Waals surface area (Å²) in [5, 5.41) is 0. The summed E-state index contributed by atoms with van der Waals surface area (Å²) >= 11 is 1.94. The van der Waals surface area contributed by atoms with Gasteiger partial charge in [-0.15, -0.1) is 11.8 Å². The van der Waals surface area contributed by atoms with Crippen molar-refractivity contribution < 1.29 is 4.74 Å². The van der Waals surface area contributed by atoms with Gasteiger partial charge in [-0.25, -0.2) is 0 Å². The first kappa shape index (κ1) is 15.3. The van der Waals surface area contributed by atoms with Gasteiger partial charge in [0.05, 0.1) is 0 Å². The first-order valence-electron chi connectivity index (χ1n) is 7.04. The Bertz CT molecular complexity index is 183. The first-order valence-corrected chi connectivity index (χ1v) is 8.44. The van der Waals surface area contributed by atoms with E-state index in [0.29, 0.717) is 0 Å². The second-order valence-corrected chi connectivity index (χ2v) is 6.30. The van der Waals surface area contributed by atoms with Crippen molar-refractivity contribution in [1.29, 1.82) is 0 Å². The highest BCUT2D eigenvalue weighted by Crippen LogP contribution is 2.27. The minimum absolute atomic E-state index is 0.811. The third-order valence-electron chi connectivity index (χ3n) is 3.16. The molecule has 1 aliphatic rings. The Kier molecular flexibility index (Phi) is 8.33. The molecule has 0 atom stereocenters. The van der Waals surface area contributed by atoms with E-state index in [2.05, 4.69) is 25.0 Å². The summed E-state index contributed by atoms with van der Waals surface area (Å²) in [5.41, 5.74) is 0. The third-order valence-corrected chi connectivity index (χ3v) is 3.75. The van der Waals surface area contributed by atoms with E-state index in [4.69, 9.17) is 4.74 Å². The van der Waals surface area contributed by atoms with Crippen molar-refractivity contribution in [3.05, 3.63) is 0 Å². The Hall–Kier alpha value is 0.270. The molecule has 0 N–H and O–H groups in total. The van der Waals surface area contributed by atoms with Gasteiger partial charge in [0.1, 0.15) is 0 Å². The maximum Gasteiger partial charge on any atom is 0.0478 e. The van der Waals surface area contributed by atoms with Gasteiger partial charge in [-0.2, -0.15) is 0 Å². The second-order valence-electron chi connectivity index (χ2n) is 5.46. The molecule has 0 spiro atoms. The van der Waals surface area contributed by atoms with Gasteiger partial charge < -0.3 is 4.74 Å². The Morgan fingerprint density at radius 1 is 1.24 bits per heavy atom. The molecule has 0 aromatic rings. The summed E-state index contributed by atoms with van der Waals surface area (Å²) in [5.74, 6) is 2.00. The van der Waals surface area contributed by atoms with Crippen LogP contribution >= 0.6 is 11.8 Å². The molecule has 0 bridgehead atoms. The molecule has 2 nitrogen and oxygen atoms in total. The molecule has 0 aromatic heterocycles. The largest absolute Gasteiger partial charge is 0.381 e. The topological polar surface area (TPSA) is 12.5 Å². The van der Waals surface area contributed by atoms with Crippen LogP contribution in [0.5, 0.6) is 0 Å². The maximum atomic E-state index is 5.68. The van der Waals surface area contributed by atoms with Crippen molar-refractivity contribution in [2.75, 3.05) is 31.9 Å². The van der Waals surface area contributed by atoms with E-state index >= 15 is 0 Å². The third kappa shape index (κ3) is 8.06. The van der Waals surface area contributed by atoms with E-state index in [1.54, 1.807) is 0 Å². The zero-order valence-electron chi connectivity index (χ0n) is 11.8. The monoisotopic (exact) mass is 259 g/mol. The van der Waals surface area contributed by atoms with Gasteiger partial charge in [0.2, 0.25) is 0 Å².